The molecule has 0 spiro atoms. The van der Waals surface area contributed by atoms with E-state index >= 15 is 0 Å². The maximum absolute atomic E-state index is 11.7. The highest BCUT2D eigenvalue weighted by molar-refractivity contribution is 5.78. The first-order valence-electron chi connectivity index (χ1n) is 6.10. The molecule has 1 aromatic carbocycles. The van der Waals surface area contributed by atoms with E-state index in [-0.39, 0.29) is 18.6 Å². The Morgan fingerprint density at radius 1 is 1.50 bits per heavy atom. The first-order chi connectivity index (χ1) is 8.75. The minimum absolute atomic E-state index is 0.0231. The molecule has 0 radical (unpaired) electrons. The Labute approximate surface area is 106 Å². The van der Waals surface area contributed by atoms with Crippen LogP contribution in [0.3, 0.4) is 0 Å². The molecule has 2 rings (SSSR count). The van der Waals surface area contributed by atoms with Gasteiger partial charge in [-0.1, -0.05) is 12.1 Å². The standard InChI is InChI=1S/C13H18N2O3/c14-11-5-1-2-6-12(11)18-9-13(16)15-10-4-3-7-17-8-10/h1-2,5-6,10H,3-4,7-9,14H2,(H,15,16). The molecule has 98 valence electrons. The van der Waals surface area contributed by atoms with Crippen LogP contribution >= 0.6 is 0 Å². The van der Waals surface area contributed by atoms with E-state index in [0.29, 0.717) is 18.0 Å². The molecule has 1 heterocycles. The number of benzene rings is 1. The molecule has 18 heavy (non-hydrogen) atoms. The van der Waals surface area contributed by atoms with Gasteiger partial charge < -0.3 is 20.5 Å². The van der Waals surface area contributed by atoms with Crippen LogP contribution in [0.25, 0.3) is 0 Å². The molecule has 3 N–H and O–H groups in total. The van der Waals surface area contributed by atoms with Crippen molar-refractivity contribution in [2.45, 2.75) is 18.9 Å². The summed E-state index contributed by atoms with van der Waals surface area (Å²) in [6, 6.07) is 7.22. The van der Waals surface area contributed by atoms with Crippen LogP contribution in [-0.4, -0.2) is 31.8 Å². The smallest absolute Gasteiger partial charge is 0.258 e. The summed E-state index contributed by atoms with van der Waals surface area (Å²) in [5.74, 6) is 0.390. The van der Waals surface area contributed by atoms with Gasteiger partial charge in [0, 0.05) is 6.61 Å². The van der Waals surface area contributed by atoms with Gasteiger partial charge in [-0.3, -0.25) is 4.79 Å². The SMILES string of the molecule is Nc1ccccc1OCC(=O)NC1CCCOC1. The van der Waals surface area contributed by atoms with E-state index in [9.17, 15) is 4.79 Å². The number of carbonyl (C=O) groups is 1. The van der Waals surface area contributed by atoms with Gasteiger partial charge in [-0.25, -0.2) is 0 Å². The number of nitrogen functional groups attached to an aromatic ring is 1. The second kappa shape index (κ2) is 6.26. The molecule has 1 aromatic rings. The first-order valence-corrected chi connectivity index (χ1v) is 6.10. The monoisotopic (exact) mass is 250 g/mol. The lowest BCUT2D eigenvalue weighted by molar-refractivity contribution is -0.124. The van der Waals surface area contributed by atoms with E-state index in [2.05, 4.69) is 5.32 Å². The molecule has 1 aliphatic rings. The molecule has 1 aliphatic heterocycles. The predicted octanol–water partition coefficient (Wildman–Crippen LogP) is 0.943. The van der Waals surface area contributed by atoms with Crippen molar-refractivity contribution in [3.8, 4) is 5.75 Å². The molecule has 5 nitrogen and oxygen atoms in total. The number of amides is 1. The third-order valence-electron chi connectivity index (χ3n) is 2.80. The van der Waals surface area contributed by atoms with E-state index < -0.39 is 0 Å². The molecule has 0 saturated carbocycles. The van der Waals surface area contributed by atoms with Crippen LogP contribution in [0.5, 0.6) is 5.75 Å². The number of carbonyl (C=O) groups excluding carboxylic acids is 1. The normalized spacial score (nSPS) is 19.2. The zero-order chi connectivity index (χ0) is 12.8. The number of ether oxygens (including phenoxy) is 2. The van der Waals surface area contributed by atoms with Gasteiger partial charge in [0.15, 0.2) is 6.61 Å². The molecular weight excluding hydrogens is 232 g/mol. The van der Waals surface area contributed by atoms with Crippen molar-refractivity contribution in [1.82, 2.24) is 5.32 Å². The Hall–Kier alpha value is -1.75. The summed E-state index contributed by atoms with van der Waals surface area (Å²) in [6.45, 7) is 1.34. The average Bonchev–Trinajstić information content (AvgIpc) is 2.39. The summed E-state index contributed by atoms with van der Waals surface area (Å²) in [6.07, 6.45) is 1.94. The van der Waals surface area contributed by atoms with Crippen LogP contribution < -0.4 is 15.8 Å². The zero-order valence-corrected chi connectivity index (χ0v) is 10.2. The number of nitrogens with one attached hydrogen (secondary N) is 1. The second-order valence-electron chi connectivity index (χ2n) is 4.31. The molecule has 1 unspecified atom stereocenters. The van der Waals surface area contributed by atoms with Crippen molar-refractivity contribution < 1.29 is 14.3 Å². The fourth-order valence-electron chi connectivity index (χ4n) is 1.88. The number of rotatable bonds is 4. The van der Waals surface area contributed by atoms with Crippen molar-refractivity contribution in [3.05, 3.63) is 24.3 Å². The first kappa shape index (κ1) is 12.7. The van der Waals surface area contributed by atoms with E-state index in [1.54, 1.807) is 12.1 Å². The number of hydrogen-bond acceptors (Lipinski definition) is 4. The molecule has 0 bridgehead atoms. The fraction of sp³-hybridized carbons (Fsp3) is 0.462. The molecule has 0 aliphatic carbocycles. The molecular formula is C13H18N2O3. The molecule has 1 amide bonds. The van der Waals surface area contributed by atoms with E-state index in [1.807, 2.05) is 12.1 Å². The molecule has 1 saturated heterocycles. The Balaban J connectivity index is 1.76. The lowest BCUT2D eigenvalue weighted by Gasteiger charge is -2.23. The maximum atomic E-state index is 11.7. The van der Waals surface area contributed by atoms with Gasteiger partial charge in [-0.2, -0.15) is 0 Å². The maximum Gasteiger partial charge on any atom is 0.258 e. The second-order valence-corrected chi connectivity index (χ2v) is 4.31. The van der Waals surface area contributed by atoms with Crippen LogP contribution in [0.1, 0.15) is 12.8 Å². The molecule has 0 aromatic heterocycles. The zero-order valence-electron chi connectivity index (χ0n) is 10.2. The Morgan fingerprint density at radius 2 is 2.33 bits per heavy atom. The minimum Gasteiger partial charge on any atom is -0.482 e. The largest absolute Gasteiger partial charge is 0.482 e. The predicted molar refractivity (Wildman–Crippen MR) is 68.3 cm³/mol. The lowest BCUT2D eigenvalue weighted by atomic mass is 10.1. The minimum atomic E-state index is -0.145. The lowest BCUT2D eigenvalue weighted by Crippen LogP contribution is -2.42. The van der Waals surface area contributed by atoms with E-state index in [4.69, 9.17) is 15.2 Å². The quantitative estimate of drug-likeness (QED) is 0.780. The fourth-order valence-corrected chi connectivity index (χ4v) is 1.88. The van der Waals surface area contributed by atoms with Gasteiger partial charge >= 0.3 is 0 Å². The summed E-state index contributed by atoms with van der Waals surface area (Å²) in [5, 5.41) is 2.88. The van der Waals surface area contributed by atoms with Crippen molar-refractivity contribution in [1.29, 1.82) is 0 Å². The van der Waals surface area contributed by atoms with Gasteiger partial charge in [0.1, 0.15) is 5.75 Å². The van der Waals surface area contributed by atoms with Gasteiger partial charge in [0.2, 0.25) is 0 Å². The van der Waals surface area contributed by atoms with Crippen LogP contribution in [0.2, 0.25) is 0 Å². The third kappa shape index (κ3) is 3.63. The van der Waals surface area contributed by atoms with Crippen LogP contribution in [0, 0.1) is 0 Å². The topological polar surface area (TPSA) is 73.6 Å². The number of hydrogen-bond donors (Lipinski definition) is 2. The molecule has 5 heteroatoms. The number of anilines is 1. The Bertz CT molecular complexity index is 403. The van der Waals surface area contributed by atoms with Crippen LogP contribution in [0.4, 0.5) is 5.69 Å². The van der Waals surface area contributed by atoms with Crippen LogP contribution in [-0.2, 0) is 9.53 Å². The highest BCUT2D eigenvalue weighted by Crippen LogP contribution is 2.19. The molecule has 1 fully saturated rings. The van der Waals surface area contributed by atoms with Gasteiger partial charge in [-0.15, -0.1) is 0 Å². The summed E-state index contributed by atoms with van der Waals surface area (Å²) in [7, 11) is 0. The van der Waals surface area contributed by atoms with Gasteiger partial charge in [0.25, 0.3) is 5.91 Å². The Kier molecular flexibility index (Phi) is 4.41. The van der Waals surface area contributed by atoms with Crippen molar-refractivity contribution in [2.24, 2.45) is 0 Å². The highest BCUT2D eigenvalue weighted by Gasteiger charge is 2.16. The van der Waals surface area contributed by atoms with E-state index in [0.717, 1.165) is 19.4 Å². The van der Waals surface area contributed by atoms with Gasteiger partial charge in [0.05, 0.1) is 18.3 Å². The van der Waals surface area contributed by atoms with Crippen molar-refractivity contribution >= 4 is 11.6 Å². The van der Waals surface area contributed by atoms with E-state index in [1.165, 1.54) is 0 Å². The summed E-state index contributed by atoms with van der Waals surface area (Å²) in [4.78, 5) is 11.7. The molecule has 1 atom stereocenters. The third-order valence-corrected chi connectivity index (χ3v) is 2.80. The Morgan fingerprint density at radius 3 is 3.06 bits per heavy atom. The number of nitrogens with two attached hydrogens (primary N) is 1. The van der Waals surface area contributed by atoms with Gasteiger partial charge in [-0.05, 0) is 25.0 Å². The summed E-state index contributed by atoms with van der Waals surface area (Å²) >= 11 is 0. The van der Waals surface area contributed by atoms with Crippen molar-refractivity contribution in [2.75, 3.05) is 25.6 Å². The average molecular weight is 250 g/mol. The van der Waals surface area contributed by atoms with Crippen LogP contribution in [0.15, 0.2) is 24.3 Å². The summed E-state index contributed by atoms with van der Waals surface area (Å²) < 4.78 is 10.7. The van der Waals surface area contributed by atoms with Crippen molar-refractivity contribution in [3.63, 3.8) is 0 Å². The number of para-hydroxylation sites is 2. The summed E-state index contributed by atoms with van der Waals surface area (Å²) in [5.41, 5.74) is 6.25. The highest BCUT2D eigenvalue weighted by atomic mass is 16.5.